The molecule has 4 heteroatoms. The molecular formula is C17H21NO2S. The maximum Gasteiger partial charge on any atom is 0.223 e. The van der Waals surface area contributed by atoms with Gasteiger partial charge in [-0.25, -0.2) is 0 Å². The molecule has 3 rings (SSSR count). The summed E-state index contributed by atoms with van der Waals surface area (Å²) in [5.74, 6) is 2.13. The van der Waals surface area contributed by atoms with Crippen LogP contribution in [0.5, 0.6) is 0 Å². The molecule has 1 amide bonds. The Morgan fingerprint density at radius 1 is 1.43 bits per heavy atom. The number of furan rings is 1. The van der Waals surface area contributed by atoms with Crippen molar-refractivity contribution in [2.45, 2.75) is 45.1 Å². The molecule has 0 spiro atoms. The van der Waals surface area contributed by atoms with Crippen LogP contribution in [0.2, 0.25) is 0 Å². The third-order valence-electron chi connectivity index (χ3n) is 4.06. The highest BCUT2D eigenvalue weighted by Gasteiger charge is 2.31. The molecule has 1 aliphatic heterocycles. The lowest BCUT2D eigenvalue weighted by Gasteiger charge is -2.23. The van der Waals surface area contributed by atoms with Crippen LogP contribution < -0.4 is 0 Å². The zero-order valence-corrected chi connectivity index (χ0v) is 13.2. The van der Waals surface area contributed by atoms with Gasteiger partial charge in [-0.05, 0) is 56.2 Å². The molecule has 0 bridgehead atoms. The second-order valence-corrected chi connectivity index (χ2v) is 6.66. The van der Waals surface area contributed by atoms with E-state index in [-0.39, 0.29) is 11.9 Å². The Bertz CT molecular complexity index is 588. The summed E-state index contributed by atoms with van der Waals surface area (Å²) in [6, 6.07) is 8.34. The van der Waals surface area contributed by atoms with Gasteiger partial charge >= 0.3 is 0 Å². The number of aryl methyl sites for hydroxylation is 2. The second kappa shape index (κ2) is 6.48. The van der Waals surface area contributed by atoms with Gasteiger partial charge in [-0.2, -0.15) is 0 Å². The monoisotopic (exact) mass is 303 g/mol. The lowest BCUT2D eigenvalue weighted by molar-refractivity contribution is -0.132. The summed E-state index contributed by atoms with van der Waals surface area (Å²) >= 11 is 1.77. The van der Waals surface area contributed by atoms with Gasteiger partial charge in [0.1, 0.15) is 11.5 Å². The van der Waals surface area contributed by atoms with Crippen LogP contribution in [0.15, 0.2) is 34.1 Å². The largest absolute Gasteiger partial charge is 0.464 e. The number of carbonyl (C=O) groups excluding carboxylic acids is 1. The third kappa shape index (κ3) is 3.38. The van der Waals surface area contributed by atoms with Gasteiger partial charge in [0.05, 0.1) is 6.04 Å². The minimum Gasteiger partial charge on any atom is -0.464 e. The van der Waals surface area contributed by atoms with E-state index in [0.29, 0.717) is 6.42 Å². The van der Waals surface area contributed by atoms with Crippen molar-refractivity contribution in [2.75, 3.05) is 6.54 Å². The first-order valence-corrected chi connectivity index (χ1v) is 8.50. The number of carbonyl (C=O) groups is 1. The Morgan fingerprint density at radius 2 is 2.33 bits per heavy atom. The van der Waals surface area contributed by atoms with Gasteiger partial charge < -0.3 is 9.32 Å². The standard InChI is InChI=1S/C17H21NO2S/c1-13-9-10-16(20-13)15-7-3-11-18(15)17(19)8-2-5-14-6-4-12-21-14/h4,6,9-10,12,15H,2-3,5,7-8,11H2,1H3/t15-/m1/s1. The maximum atomic E-state index is 12.5. The van der Waals surface area contributed by atoms with Gasteiger partial charge in [0, 0.05) is 17.8 Å². The van der Waals surface area contributed by atoms with Crippen LogP contribution in [0.4, 0.5) is 0 Å². The summed E-state index contributed by atoms with van der Waals surface area (Å²) in [7, 11) is 0. The number of thiophene rings is 1. The normalized spacial score (nSPS) is 18.3. The molecular weight excluding hydrogens is 282 g/mol. The van der Waals surface area contributed by atoms with Crippen molar-refractivity contribution in [3.05, 3.63) is 46.0 Å². The average molecular weight is 303 g/mol. The van der Waals surface area contributed by atoms with Gasteiger partial charge in [0.2, 0.25) is 5.91 Å². The molecule has 1 saturated heterocycles. The molecule has 0 aromatic carbocycles. The molecule has 3 nitrogen and oxygen atoms in total. The van der Waals surface area contributed by atoms with Crippen LogP contribution >= 0.6 is 11.3 Å². The van der Waals surface area contributed by atoms with Crippen molar-refractivity contribution >= 4 is 17.2 Å². The second-order valence-electron chi connectivity index (χ2n) is 5.63. The summed E-state index contributed by atoms with van der Waals surface area (Å²) < 4.78 is 5.72. The van der Waals surface area contributed by atoms with E-state index in [1.807, 2.05) is 24.0 Å². The molecule has 2 aromatic heterocycles. The fraction of sp³-hybridized carbons (Fsp3) is 0.471. The fourth-order valence-corrected chi connectivity index (χ4v) is 3.76. The van der Waals surface area contributed by atoms with Crippen LogP contribution in [0.1, 0.15) is 48.1 Å². The van der Waals surface area contributed by atoms with E-state index < -0.39 is 0 Å². The number of hydrogen-bond donors (Lipinski definition) is 0. The lowest BCUT2D eigenvalue weighted by atomic mass is 10.1. The summed E-state index contributed by atoms with van der Waals surface area (Å²) in [5.41, 5.74) is 0. The van der Waals surface area contributed by atoms with Gasteiger partial charge in [0.25, 0.3) is 0 Å². The Morgan fingerprint density at radius 3 is 3.05 bits per heavy atom. The minimum absolute atomic E-state index is 0.146. The molecule has 1 aliphatic rings. The smallest absolute Gasteiger partial charge is 0.223 e. The molecule has 0 radical (unpaired) electrons. The topological polar surface area (TPSA) is 33.5 Å². The van der Waals surface area contributed by atoms with Crippen molar-refractivity contribution in [1.29, 1.82) is 0 Å². The van der Waals surface area contributed by atoms with Gasteiger partial charge in [0.15, 0.2) is 0 Å². The molecule has 0 unspecified atom stereocenters. The fourth-order valence-electron chi connectivity index (χ4n) is 3.01. The summed E-state index contributed by atoms with van der Waals surface area (Å²) in [5, 5.41) is 2.09. The van der Waals surface area contributed by atoms with Crippen LogP contribution in [0, 0.1) is 6.92 Å². The first-order valence-electron chi connectivity index (χ1n) is 7.62. The Kier molecular flexibility index (Phi) is 4.44. The van der Waals surface area contributed by atoms with Gasteiger partial charge in [-0.3, -0.25) is 4.79 Å². The predicted octanol–water partition coefficient (Wildman–Crippen LogP) is 4.34. The zero-order valence-electron chi connectivity index (χ0n) is 12.4. The molecule has 112 valence electrons. The van der Waals surface area contributed by atoms with Gasteiger partial charge in [-0.1, -0.05) is 6.07 Å². The van der Waals surface area contributed by atoms with Crippen LogP contribution in [-0.4, -0.2) is 17.4 Å². The Hall–Kier alpha value is -1.55. The molecule has 1 fully saturated rings. The quantitative estimate of drug-likeness (QED) is 0.823. The third-order valence-corrected chi connectivity index (χ3v) is 4.99. The number of rotatable bonds is 5. The zero-order chi connectivity index (χ0) is 14.7. The van der Waals surface area contributed by atoms with E-state index in [2.05, 4.69) is 17.5 Å². The average Bonchev–Trinajstić information content (AvgIpc) is 3.18. The first-order chi connectivity index (χ1) is 10.2. The molecule has 1 atom stereocenters. The molecule has 21 heavy (non-hydrogen) atoms. The van der Waals surface area contributed by atoms with Gasteiger partial charge in [-0.15, -0.1) is 11.3 Å². The molecule has 3 heterocycles. The van der Waals surface area contributed by atoms with Crippen LogP contribution in [-0.2, 0) is 11.2 Å². The van der Waals surface area contributed by atoms with E-state index in [9.17, 15) is 4.79 Å². The summed E-state index contributed by atoms with van der Waals surface area (Å²) in [4.78, 5) is 15.8. The number of hydrogen-bond acceptors (Lipinski definition) is 3. The van der Waals surface area contributed by atoms with Crippen molar-refractivity contribution in [2.24, 2.45) is 0 Å². The van der Waals surface area contributed by atoms with Crippen molar-refractivity contribution in [1.82, 2.24) is 4.90 Å². The SMILES string of the molecule is Cc1ccc([C@H]2CCCN2C(=O)CCCc2cccs2)o1. The number of nitrogens with zero attached hydrogens (tertiary/aromatic N) is 1. The molecule has 2 aromatic rings. The van der Waals surface area contributed by atoms with E-state index >= 15 is 0 Å². The predicted molar refractivity (Wildman–Crippen MR) is 84.4 cm³/mol. The number of likely N-dealkylation sites (tertiary alicyclic amines) is 1. The Balaban J connectivity index is 1.55. The first kappa shape index (κ1) is 14.4. The minimum atomic E-state index is 0.146. The molecule has 0 N–H and O–H groups in total. The summed E-state index contributed by atoms with van der Waals surface area (Å²) in [6.45, 7) is 2.81. The van der Waals surface area contributed by atoms with Crippen LogP contribution in [0.3, 0.4) is 0 Å². The van der Waals surface area contributed by atoms with Crippen molar-refractivity contribution in [3.8, 4) is 0 Å². The van der Waals surface area contributed by atoms with Crippen LogP contribution in [0.25, 0.3) is 0 Å². The van der Waals surface area contributed by atoms with Crippen molar-refractivity contribution in [3.63, 3.8) is 0 Å². The maximum absolute atomic E-state index is 12.5. The highest BCUT2D eigenvalue weighted by molar-refractivity contribution is 7.09. The van der Waals surface area contributed by atoms with E-state index in [4.69, 9.17) is 4.42 Å². The van der Waals surface area contributed by atoms with E-state index in [1.54, 1.807) is 11.3 Å². The van der Waals surface area contributed by atoms with E-state index in [1.165, 1.54) is 4.88 Å². The van der Waals surface area contributed by atoms with E-state index in [0.717, 1.165) is 43.7 Å². The van der Waals surface area contributed by atoms with Crippen molar-refractivity contribution < 1.29 is 9.21 Å². The molecule has 0 aliphatic carbocycles. The Labute approximate surface area is 129 Å². The highest BCUT2D eigenvalue weighted by Crippen LogP contribution is 2.33. The summed E-state index contributed by atoms with van der Waals surface area (Å²) in [6.07, 6.45) is 4.65. The molecule has 0 saturated carbocycles. The lowest BCUT2D eigenvalue weighted by Crippen LogP contribution is -2.30. The number of amides is 1. The highest BCUT2D eigenvalue weighted by atomic mass is 32.1.